The summed E-state index contributed by atoms with van der Waals surface area (Å²) in [6.45, 7) is 11.5. The van der Waals surface area contributed by atoms with Crippen molar-refractivity contribution in [3.8, 4) is 0 Å². The number of aromatic nitrogens is 1. The Morgan fingerprint density at radius 2 is 1.88 bits per heavy atom. The lowest BCUT2D eigenvalue weighted by Gasteiger charge is -2.34. The van der Waals surface area contributed by atoms with Crippen LogP contribution in [0.1, 0.15) is 35.3 Å². The molecular formula is C21H28N4O. The van der Waals surface area contributed by atoms with Crippen LogP contribution in [0.4, 0.5) is 11.5 Å². The van der Waals surface area contributed by atoms with Crippen LogP contribution in [-0.2, 0) is 6.42 Å². The van der Waals surface area contributed by atoms with Gasteiger partial charge in [0.05, 0.1) is 5.56 Å². The summed E-state index contributed by atoms with van der Waals surface area (Å²) in [7, 11) is 0. The van der Waals surface area contributed by atoms with Gasteiger partial charge in [0.1, 0.15) is 5.82 Å². The molecule has 3 rings (SSSR count). The zero-order chi connectivity index (χ0) is 18.5. The van der Waals surface area contributed by atoms with Crippen molar-refractivity contribution in [2.24, 2.45) is 0 Å². The molecule has 0 spiro atoms. The molecule has 1 aromatic heterocycles. The third-order valence-electron chi connectivity index (χ3n) is 5.13. The maximum atomic E-state index is 12.6. The second-order valence-electron chi connectivity index (χ2n) is 6.74. The fraction of sp³-hybridized carbons (Fsp3) is 0.429. The second kappa shape index (κ2) is 8.32. The quantitative estimate of drug-likeness (QED) is 0.896. The van der Waals surface area contributed by atoms with Crippen molar-refractivity contribution in [3.63, 3.8) is 0 Å². The number of likely N-dealkylation sites (N-methyl/N-ethyl adjacent to an activating group) is 1. The molecule has 0 saturated carbocycles. The Kier molecular flexibility index (Phi) is 5.89. The first-order chi connectivity index (χ1) is 12.6. The standard InChI is InChI=1S/C21H28N4O/c1-4-17-8-6-7-16(3)20(17)23-21(26)18-9-10-19(22-15-18)25-13-11-24(5-2)12-14-25/h6-10,15H,4-5,11-14H2,1-3H3,(H,23,26). The van der Waals surface area contributed by atoms with Crippen LogP contribution < -0.4 is 10.2 Å². The van der Waals surface area contributed by atoms with E-state index in [1.54, 1.807) is 6.20 Å². The van der Waals surface area contributed by atoms with Crippen LogP contribution in [0.5, 0.6) is 0 Å². The van der Waals surface area contributed by atoms with Crippen molar-refractivity contribution in [2.45, 2.75) is 27.2 Å². The van der Waals surface area contributed by atoms with E-state index in [9.17, 15) is 4.79 Å². The van der Waals surface area contributed by atoms with E-state index < -0.39 is 0 Å². The number of nitrogens with one attached hydrogen (secondary N) is 1. The fourth-order valence-corrected chi connectivity index (χ4v) is 3.39. The molecule has 2 aromatic rings. The zero-order valence-electron chi connectivity index (χ0n) is 16.0. The van der Waals surface area contributed by atoms with E-state index in [1.165, 1.54) is 0 Å². The molecule has 1 aromatic carbocycles. The number of carbonyl (C=O) groups is 1. The van der Waals surface area contributed by atoms with Crippen molar-refractivity contribution in [2.75, 3.05) is 42.9 Å². The molecule has 0 atom stereocenters. The van der Waals surface area contributed by atoms with Crippen LogP contribution in [0.2, 0.25) is 0 Å². The first-order valence-corrected chi connectivity index (χ1v) is 9.45. The zero-order valence-corrected chi connectivity index (χ0v) is 16.0. The van der Waals surface area contributed by atoms with Gasteiger partial charge in [-0.05, 0) is 43.1 Å². The van der Waals surface area contributed by atoms with E-state index in [2.05, 4.69) is 40.0 Å². The smallest absolute Gasteiger partial charge is 0.257 e. The number of rotatable bonds is 5. The maximum absolute atomic E-state index is 12.6. The van der Waals surface area contributed by atoms with Crippen LogP contribution in [0.25, 0.3) is 0 Å². The Morgan fingerprint density at radius 1 is 1.12 bits per heavy atom. The third-order valence-corrected chi connectivity index (χ3v) is 5.13. The number of hydrogen-bond donors (Lipinski definition) is 1. The van der Waals surface area contributed by atoms with Gasteiger partial charge in [0.2, 0.25) is 0 Å². The summed E-state index contributed by atoms with van der Waals surface area (Å²) in [6, 6.07) is 9.92. The maximum Gasteiger partial charge on any atom is 0.257 e. The van der Waals surface area contributed by atoms with Gasteiger partial charge in [-0.2, -0.15) is 0 Å². The number of benzene rings is 1. The predicted octanol–water partition coefficient (Wildman–Crippen LogP) is 3.35. The minimum Gasteiger partial charge on any atom is -0.354 e. The van der Waals surface area contributed by atoms with Gasteiger partial charge in [-0.25, -0.2) is 4.98 Å². The number of nitrogens with zero attached hydrogens (tertiary/aromatic N) is 3. The Hall–Kier alpha value is -2.40. The minimum absolute atomic E-state index is 0.108. The van der Waals surface area contributed by atoms with Crippen LogP contribution in [0.15, 0.2) is 36.5 Å². The molecule has 0 aliphatic carbocycles. The summed E-state index contributed by atoms with van der Waals surface area (Å²) >= 11 is 0. The van der Waals surface area contributed by atoms with Gasteiger partial charge in [0.15, 0.2) is 0 Å². The summed E-state index contributed by atoms with van der Waals surface area (Å²) in [4.78, 5) is 21.9. The van der Waals surface area contributed by atoms with Crippen LogP contribution in [0, 0.1) is 6.92 Å². The summed E-state index contributed by atoms with van der Waals surface area (Å²) in [5.41, 5.74) is 3.74. The highest BCUT2D eigenvalue weighted by atomic mass is 16.1. The molecule has 1 N–H and O–H groups in total. The lowest BCUT2D eigenvalue weighted by Crippen LogP contribution is -2.46. The molecule has 1 amide bonds. The lowest BCUT2D eigenvalue weighted by molar-refractivity contribution is 0.102. The number of carbonyl (C=O) groups excluding carboxylic acids is 1. The molecule has 1 aliphatic heterocycles. The molecule has 1 saturated heterocycles. The highest BCUT2D eigenvalue weighted by molar-refractivity contribution is 6.05. The summed E-state index contributed by atoms with van der Waals surface area (Å²) in [5, 5.41) is 3.06. The number of pyridine rings is 1. The molecule has 1 fully saturated rings. The fourth-order valence-electron chi connectivity index (χ4n) is 3.39. The summed E-state index contributed by atoms with van der Waals surface area (Å²) < 4.78 is 0. The Labute approximate surface area is 156 Å². The number of hydrogen-bond acceptors (Lipinski definition) is 4. The van der Waals surface area contributed by atoms with Gasteiger partial charge in [0, 0.05) is 38.1 Å². The van der Waals surface area contributed by atoms with Crippen molar-refractivity contribution < 1.29 is 4.79 Å². The third kappa shape index (κ3) is 4.05. The number of aryl methyl sites for hydroxylation is 2. The van der Waals surface area contributed by atoms with Gasteiger partial charge in [-0.1, -0.05) is 32.0 Å². The molecule has 5 heteroatoms. The molecule has 1 aliphatic rings. The predicted molar refractivity (Wildman–Crippen MR) is 107 cm³/mol. The SMILES string of the molecule is CCc1cccc(C)c1NC(=O)c1ccc(N2CCN(CC)CC2)nc1. The number of piperazine rings is 1. The summed E-state index contributed by atoms with van der Waals surface area (Å²) in [6.07, 6.45) is 2.57. The van der Waals surface area contributed by atoms with E-state index in [1.807, 2.05) is 31.2 Å². The Balaban J connectivity index is 1.68. The normalized spacial score (nSPS) is 15.1. The summed E-state index contributed by atoms with van der Waals surface area (Å²) in [5.74, 6) is 0.839. The topological polar surface area (TPSA) is 48.5 Å². The molecular weight excluding hydrogens is 324 g/mol. The average molecular weight is 352 g/mol. The van der Waals surface area contributed by atoms with E-state index in [-0.39, 0.29) is 5.91 Å². The Morgan fingerprint density at radius 3 is 2.50 bits per heavy atom. The minimum atomic E-state index is -0.108. The second-order valence-corrected chi connectivity index (χ2v) is 6.74. The van der Waals surface area contributed by atoms with Gasteiger partial charge in [0.25, 0.3) is 5.91 Å². The average Bonchev–Trinajstić information content (AvgIpc) is 2.69. The van der Waals surface area contributed by atoms with Crippen molar-refractivity contribution in [1.82, 2.24) is 9.88 Å². The molecule has 2 heterocycles. The highest BCUT2D eigenvalue weighted by Gasteiger charge is 2.17. The Bertz CT molecular complexity index is 749. The van der Waals surface area contributed by atoms with Crippen molar-refractivity contribution in [1.29, 1.82) is 0 Å². The largest absolute Gasteiger partial charge is 0.354 e. The van der Waals surface area contributed by atoms with Gasteiger partial charge >= 0.3 is 0 Å². The lowest BCUT2D eigenvalue weighted by atomic mass is 10.1. The van der Waals surface area contributed by atoms with E-state index in [4.69, 9.17) is 0 Å². The van der Waals surface area contributed by atoms with Crippen LogP contribution >= 0.6 is 0 Å². The van der Waals surface area contributed by atoms with Gasteiger partial charge in [-0.15, -0.1) is 0 Å². The van der Waals surface area contributed by atoms with E-state index in [0.717, 1.165) is 61.8 Å². The molecule has 0 bridgehead atoms. The van der Waals surface area contributed by atoms with E-state index in [0.29, 0.717) is 5.56 Å². The number of para-hydroxylation sites is 1. The van der Waals surface area contributed by atoms with Gasteiger partial charge < -0.3 is 15.1 Å². The first kappa shape index (κ1) is 18.4. The molecule has 26 heavy (non-hydrogen) atoms. The van der Waals surface area contributed by atoms with Crippen LogP contribution in [0.3, 0.4) is 0 Å². The number of anilines is 2. The molecule has 0 radical (unpaired) electrons. The van der Waals surface area contributed by atoms with Crippen molar-refractivity contribution in [3.05, 3.63) is 53.2 Å². The number of amides is 1. The van der Waals surface area contributed by atoms with Gasteiger partial charge in [-0.3, -0.25) is 4.79 Å². The molecule has 0 unspecified atom stereocenters. The van der Waals surface area contributed by atoms with Crippen LogP contribution in [-0.4, -0.2) is 48.5 Å². The molecule has 138 valence electrons. The van der Waals surface area contributed by atoms with Crippen molar-refractivity contribution >= 4 is 17.4 Å². The first-order valence-electron chi connectivity index (χ1n) is 9.45. The molecule has 5 nitrogen and oxygen atoms in total. The monoisotopic (exact) mass is 352 g/mol. The highest BCUT2D eigenvalue weighted by Crippen LogP contribution is 2.22. The van der Waals surface area contributed by atoms with E-state index >= 15 is 0 Å².